The van der Waals surface area contributed by atoms with Crippen molar-refractivity contribution < 1.29 is 5.21 Å². The number of oxime groups is 1. The van der Waals surface area contributed by atoms with Gasteiger partial charge in [-0.1, -0.05) is 41.9 Å². The third-order valence-corrected chi connectivity index (χ3v) is 5.53. The zero-order valence-electron chi connectivity index (χ0n) is 11.9. The Balaban J connectivity index is 2.03. The van der Waals surface area contributed by atoms with Crippen molar-refractivity contribution in [2.75, 3.05) is 12.8 Å². The Morgan fingerprint density at radius 3 is 2.65 bits per heavy atom. The van der Waals surface area contributed by atoms with E-state index in [2.05, 4.69) is 28.9 Å². The van der Waals surface area contributed by atoms with Gasteiger partial charge in [0.2, 0.25) is 0 Å². The summed E-state index contributed by atoms with van der Waals surface area (Å²) < 4.78 is 0.373. The number of thioether (sulfide) groups is 1. The van der Waals surface area contributed by atoms with Crippen molar-refractivity contribution in [2.24, 2.45) is 10.9 Å². The first-order valence-corrected chi connectivity index (χ1v) is 8.21. The van der Waals surface area contributed by atoms with Crippen LogP contribution in [0.3, 0.4) is 0 Å². The highest BCUT2D eigenvalue weighted by Gasteiger charge is 2.36. The van der Waals surface area contributed by atoms with E-state index in [4.69, 9.17) is 10.9 Å². The molecule has 1 atom stereocenters. The lowest BCUT2D eigenvalue weighted by Crippen LogP contribution is -2.44. The minimum Gasteiger partial charge on any atom is -0.409 e. The monoisotopic (exact) mass is 293 g/mol. The summed E-state index contributed by atoms with van der Waals surface area (Å²) in [5.74, 6) is 0.262. The van der Waals surface area contributed by atoms with Crippen LogP contribution in [0.5, 0.6) is 0 Å². The third kappa shape index (κ3) is 3.67. The number of nitrogens with two attached hydrogens (primary N) is 1. The molecule has 110 valence electrons. The fourth-order valence-electron chi connectivity index (χ4n) is 2.58. The summed E-state index contributed by atoms with van der Waals surface area (Å²) in [5.41, 5.74) is 6.86. The van der Waals surface area contributed by atoms with Crippen LogP contribution in [0.2, 0.25) is 0 Å². The van der Waals surface area contributed by atoms with Gasteiger partial charge in [-0.25, -0.2) is 0 Å². The SMILES string of the molecule is CSC1(CNC(C/C(N)=N/O)c2ccccc2)CCC1. The molecule has 0 aliphatic heterocycles. The van der Waals surface area contributed by atoms with Crippen LogP contribution in [0.4, 0.5) is 0 Å². The van der Waals surface area contributed by atoms with E-state index < -0.39 is 0 Å². The molecule has 1 fully saturated rings. The molecule has 1 aliphatic rings. The highest BCUT2D eigenvalue weighted by molar-refractivity contribution is 8.00. The summed E-state index contributed by atoms with van der Waals surface area (Å²) in [7, 11) is 0. The molecular weight excluding hydrogens is 270 g/mol. The standard InChI is InChI=1S/C15H23N3OS/c1-20-15(8-5-9-15)11-17-13(10-14(16)18-19)12-6-3-2-4-7-12/h2-4,6-7,13,17,19H,5,8-11H2,1H3,(H2,16,18). The number of rotatable bonds is 7. The predicted octanol–water partition coefficient (Wildman–Crippen LogP) is 2.74. The van der Waals surface area contributed by atoms with E-state index in [0.717, 1.165) is 6.54 Å². The Labute approximate surface area is 124 Å². The van der Waals surface area contributed by atoms with E-state index in [0.29, 0.717) is 11.2 Å². The van der Waals surface area contributed by atoms with Gasteiger partial charge in [-0.15, -0.1) is 0 Å². The molecule has 0 amide bonds. The van der Waals surface area contributed by atoms with Gasteiger partial charge in [0, 0.05) is 23.8 Å². The minimum atomic E-state index is 0.0942. The van der Waals surface area contributed by atoms with Crippen molar-refractivity contribution in [1.29, 1.82) is 0 Å². The molecule has 1 aromatic rings. The second-order valence-corrected chi connectivity index (χ2v) is 6.65. The van der Waals surface area contributed by atoms with Crippen molar-refractivity contribution in [2.45, 2.75) is 36.5 Å². The molecule has 0 aromatic heterocycles. The highest BCUT2D eigenvalue weighted by atomic mass is 32.2. The van der Waals surface area contributed by atoms with Gasteiger partial charge < -0.3 is 16.3 Å². The zero-order chi connectivity index (χ0) is 14.4. The number of hydrogen-bond acceptors (Lipinski definition) is 4. The van der Waals surface area contributed by atoms with Gasteiger partial charge >= 0.3 is 0 Å². The summed E-state index contributed by atoms with van der Waals surface area (Å²) in [6.07, 6.45) is 6.56. The number of nitrogens with one attached hydrogen (secondary N) is 1. The zero-order valence-corrected chi connectivity index (χ0v) is 12.7. The molecule has 0 spiro atoms. The molecule has 0 radical (unpaired) electrons. The van der Waals surface area contributed by atoms with Crippen molar-refractivity contribution in [3.05, 3.63) is 35.9 Å². The largest absolute Gasteiger partial charge is 0.409 e. The average molecular weight is 293 g/mol. The van der Waals surface area contributed by atoms with Crippen molar-refractivity contribution in [3.63, 3.8) is 0 Å². The van der Waals surface area contributed by atoms with E-state index in [1.165, 1.54) is 24.8 Å². The van der Waals surface area contributed by atoms with Gasteiger partial charge in [-0.2, -0.15) is 11.8 Å². The second-order valence-electron chi connectivity index (χ2n) is 5.38. The van der Waals surface area contributed by atoms with Gasteiger partial charge in [0.05, 0.1) is 0 Å². The molecule has 4 N–H and O–H groups in total. The number of hydrogen-bond donors (Lipinski definition) is 3. The first-order valence-electron chi connectivity index (χ1n) is 6.99. The molecule has 20 heavy (non-hydrogen) atoms. The minimum absolute atomic E-state index is 0.0942. The van der Waals surface area contributed by atoms with E-state index in [1.54, 1.807) is 0 Å². The summed E-state index contributed by atoms with van der Waals surface area (Å²) in [4.78, 5) is 0. The molecule has 1 aliphatic carbocycles. The molecule has 4 nitrogen and oxygen atoms in total. The molecule has 0 heterocycles. The quantitative estimate of drug-likeness (QED) is 0.313. The van der Waals surface area contributed by atoms with Crippen LogP contribution < -0.4 is 11.1 Å². The highest BCUT2D eigenvalue weighted by Crippen LogP contribution is 2.42. The lowest BCUT2D eigenvalue weighted by atomic mass is 9.84. The first-order chi connectivity index (χ1) is 9.69. The van der Waals surface area contributed by atoms with Gasteiger partial charge in [0.25, 0.3) is 0 Å². The van der Waals surface area contributed by atoms with Crippen molar-refractivity contribution in [1.82, 2.24) is 5.32 Å². The Kier molecular flexibility index (Phi) is 5.31. The fraction of sp³-hybridized carbons (Fsp3) is 0.533. The maximum Gasteiger partial charge on any atom is 0.141 e. The van der Waals surface area contributed by atoms with E-state index in [-0.39, 0.29) is 11.9 Å². The number of benzene rings is 1. The molecule has 1 aromatic carbocycles. The molecular formula is C15H23N3OS. The van der Waals surface area contributed by atoms with E-state index in [1.807, 2.05) is 30.0 Å². The Morgan fingerprint density at radius 2 is 2.15 bits per heavy atom. The van der Waals surface area contributed by atoms with Gasteiger partial charge in [0.15, 0.2) is 0 Å². The van der Waals surface area contributed by atoms with Crippen LogP contribution >= 0.6 is 11.8 Å². The van der Waals surface area contributed by atoms with Gasteiger partial charge in [0.1, 0.15) is 5.84 Å². The third-order valence-electron chi connectivity index (χ3n) is 4.11. The topological polar surface area (TPSA) is 70.6 Å². The summed E-state index contributed by atoms with van der Waals surface area (Å²) in [6.45, 7) is 0.965. The summed E-state index contributed by atoms with van der Waals surface area (Å²) >= 11 is 1.95. The van der Waals surface area contributed by atoms with Gasteiger partial charge in [-0.3, -0.25) is 0 Å². The van der Waals surface area contributed by atoms with Crippen LogP contribution in [0, 0.1) is 0 Å². The van der Waals surface area contributed by atoms with Crippen molar-refractivity contribution in [3.8, 4) is 0 Å². The van der Waals surface area contributed by atoms with Gasteiger partial charge in [-0.05, 0) is 24.7 Å². The fourth-order valence-corrected chi connectivity index (χ4v) is 3.50. The Hall–Kier alpha value is -1.20. The lowest BCUT2D eigenvalue weighted by molar-refractivity contribution is 0.312. The Bertz CT molecular complexity index is 440. The number of nitrogens with zero attached hydrogens (tertiary/aromatic N) is 1. The lowest BCUT2D eigenvalue weighted by Gasteiger charge is -2.41. The normalized spacial score (nSPS) is 19.4. The smallest absolute Gasteiger partial charge is 0.141 e. The first kappa shape index (κ1) is 15.2. The van der Waals surface area contributed by atoms with Crippen molar-refractivity contribution >= 4 is 17.6 Å². The van der Waals surface area contributed by atoms with Crippen LogP contribution in [0.1, 0.15) is 37.3 Å². The summed E-state index contributed by atoms with van der Waals surface area (Å²) in [6, 6.07) is 10.3. The van der Waals surface area contributed by atoms with Crippen LogP contribution in [-0.4, -0.2) is 28.6 Å². The maximum absolute atomic E-state index is 8.79. The maximum atomic E-state index is 8.79. The molecule has 2 rings (SSSR count). The second kappa shape index (κ2) is 6.99. The average Bonchev–Trinajstić information content (AvgIpc) is 2.46. The molecule has 1 unspecified atom stereocenters. The molecule has 0 bridgehead atoms. The Morgan fingerprint density at radius 1 is 1.45 bits per heavy atom. The van der Waals surface area contributed by atoms with Crippen LogP contribution in [-0.2, 0) is 0 Å². The molecule has 1 saturated carbocycles. The van der Waals surface area contributed by atoms with E-state index >= 15 is 0 Å². The summed E-state index contributed by atoms with van der Waals surface area (Å²) in [5, 5.41) is 15.5. The molecule has 5 heteroatoms. The number of amidine groups is 1. The van der Waals surface area contributed by atoms with E-state index in [9.17, 15) is 0 Å². The molecule has 0 saturated heterocycles. The van der Waals surface area contributed by atoms with Crippen LogP contribution in [0.25, 0.3) is 0 Å². The van der Waals surface area contributed by atoms with Crippen LogP contribution in [0.15, 0.2) is 35.5 Å². The predicted molar refractivity (Wildman–Crippen MR) is 85.3 cm³/mol.